The quantitative estimate of drug-likeness (QED) is 0.586. The summed E-state index contributed by atoms with van der Waals surface area (Å²) in [7, 11) is 0. The molecule has 0 bridgehead atoms. The highest BCUT2D eigenvalue weighted by atomic mass is 19.1. The van der Waals surface area contributed by atoms with Gasteiger partial charge in [0.1, 0.15) is 5.82 Å². The Balaban J connectivity index is 1.79. The Morgan fingerprint density at radius 2 is 2.00 bits per heavy atom. The van der Waals surface area contributed by atoms with E-state index >= 15 is 0 Å². The maximum absolute atomic E-state index is 13.0. The fraction of sp³-hybridized carbons (Fsp3) is 0.0588. The summed E-state index contributed by atoms with van der Waals surface area (Å²) < 4.78 is 15.0. The first kappa shape index (κ1) is 14.3. The van der Waals surface area contributed by atoms with Crippen LogP contribution >= 0.6 is 0 Å². The predicted molar refractivity (Wildman–Crippen MR) is 86.0 cm³/mol. The molecular formula is C17H12FN5O. The van der Waals surface area contributed by atoms with Gasteiger partial charge in [-0.2, -0.15) is 5.21 Å². The molecule has 6 nitrogen and oxygen atoms in total. The van der Waals surface area contributed by atoms with Gasteiger partial charge in [0.05, 0.1) is 0 Å². The summed E-state index contributed by atoms with van der Waals surface area (Å²) >= 11 is 0. The van der Waals surface area contributed by atoms with Gasteiger partial charge in [0, 0.05) is 34.8 Å². The van der Waals surface area contributed by atoms with Crippen LogP contribution in [-0.4, -0.2) is 31.5 Å². The van der Waals surface area contributed by atoms with Gasteiger partial charge in [-0.15, -0.1) is 10.2 Å². The zero-order valence-corrected chi connectivity index (χ0v) is 12.5. The highest BCUT2D eigenvalue weighted by Crippen LogP contribution is 2.26. The van der Waals surface area contributed by atoms with Gasteiger partial charge >= 0.3 is 0 Å². The Kier molecular flexibility index (Phi) is 3.38. The van der Waals surface area contributed by atoms with E-state index in [1.807, 2.05) is 22.8 Å². The van der Waals surface area contributed by atoms with Crippen LogP contribution < -0.4 is 0 Å². The van der Waals surface area contributed by atoms with Gasteiger partial charge < -0.3 is 4.57 Å². The van der Waals surface area contributed by atoms with Crippen molar-refractivity contribution in [1.82, 2.24) is 25.2 Å². The lowest BCUT2D eigenvalue weighted by Crippen LogP contribution is -1.98. The van der Waals surface area contributed by atoms with Gasteiger partial charge in [-0.05, 0) is 41.1 Å². The third kappa shape index (κ3) is 2.45. The van der Waals surface area contributed by atoms with Crippen LogP contribution in [0.1, 0.15) is 15.9 Å². The van der Waals surface area contributed by atoms with E-state index in [1.54, 1.807) is 18.3 Å². The number of aldehydes is 1. The SMILES string of the molecule is O=Cc1cn(Cc2ccc(F)cc2)c2ccc(-c3nn[nH]n3)cc12. The molecule has 0 aliphatic rings. The zero-order chi connectivity index (χ0) is 16.5. The van der Waals surface area contributed by atoms with Crippen molar-refractivity contribution in [2.75, 3.05) is 0 Å². The van der Waals surface area contributed by atoms with Crippen LogP contribution in [0.4, 0.5) is 4.39 Å². The standard InChI is InChI=1S/C17H12FN5O/c18-14-4-1-11(2-5-14)8-23-9-13(10-24)15-7-12(3-6-16(15)23)17-19-21-22-20-17/h1-7,9-10H,8H2,(H,19,20,21,22). The van der Waals surface area contributed by atoms with Crippen molar-refractivity contribution < 1.29 is 9.18 Å². The Labute approximate surface area is 135 Å². The third-order valence-corrected chi connectivity index (χ3v) is 3.91. The molecule has 4 rings (SSSR count). The summed E-state index contributed by atoms with van der Waals surface area (Å²) in [6.07, 6.45) is 2.62. The summed E-state index contributed by atoms with van der Waals surface area (Å²) in [5, 5.41) is 14.7. The molecule has 0 saturated carbocycles. The third-order valence-electron chi connectivity index (χ3n) is 3.91. The van der Waals surface area contributed by atoms with Crippen LogP contribution in [0.2, 0.25) is 0 Å². The Hall–Kier alpha value is -3.35. The number of H-pyrrole nitrogens is 1. The fourth-order valence-corrected chi connectivity index (χ4v) is 2.76. The Morgan fingerprint density at radius 3 is 2.71 bits per heavy atom. The number of nitrogens with zero attached hydrogens (tertiary/aromatic N) is 4. The fourth-order valence-electron chi connectivity index (χ4n) is 2.76. The molecule has 1 N–H and O–H groups in total. The number of carbonyl (C=O) groups is 1. The van der Waals surface area contributed by atoms with Crippen LogP contribution in [0.3, 0.4) is 0 Å². The number of nitrogens with one attached hydrogen (secondary N) is 1. The second-order valence-electron chi connectivity index (χ2n) is 5.42. The highest BCUT2D eigenvalue weighted by molar-refractivity contribution is 5.99. The molecule has 0 spiro atoms. The van der Waals surface area contributed by atoms with Gasteiger partial charge in [-0.3, -0.25) is 4.79 Å². The zero-order valence-electron chi connectivity index (χ0n) is 12.5. The largest absolute Gasteiger partial charge is 0.342 e. The van der Waals surface area contributed by atoms with Gasteiger partial charge in [-0.25, -0.2) is 4.39 Å². The number of aromatic amines is 1. The van der Waals surface area contributed by atoms with E-state index in [0.29, 0.717) is 17.9 Å². The van der Waals surface area contributed by atoms with Gasteiger partial charge in [-0.1, -0.05) is 12.1 Å². The average molecular weight is 321 g/mol. The smallest absolute Gasteiger partial charge is 0.204 e. The average Bonchev–Trinajstić information content (AvgIpc) is 3.25. The number of hydrogen-bond donors (Lipinski definition) is 1. The molecule has 24 heavy (non-hydrogen) atoms. The molecule has 4 aromatic rings. The normalized spacial score (nSPS) is 11.0. The van der Waals surface area contributed by atoms with Crippen molar-refractivity contribution in [1.29, 1.82) is 0 Å². The summed E-state index contributed by atoms with van der Waals surface area (Å²) in [4.78, 5) is 11.4. The van der Waals surface area contributed by atoms with Crippen molar-refractivity contribution >= 4 is 17.2 Å². The lowest BCUT2D eigenvalue weighted by Gasteiger charge is -2.06. The Morgan fingerprint density at radius 1 is 1.17 bits per heavy atom. The molecule has 0 fully saturated rings. The molecule has 0 radical (unpaired) electrons. The van der Waals surface area contributed by atoms with Crippen LogP contribution in [0.15, 0.2) is 48.7 Å². The molecule has 2 aromatic heterocycles. The topological polar surface area (TPSA) is 76.5 Å². The van der Waals surface area contributed by atoms with Crippen LogP contribution in [0.25, 0.3) is 22.3 Å². The van der Waals surface area contributed by atoms with Crippen LogP contribution in [-0.2, 0) is 6.54 Å². The summed E-state index contributed by atoms with van der Waals surface area (Å²) in [6, 6.07) is 12.0. The molecule has 0 aliphatic carbocycles. The number of rotatable bonds is 4. The number of fused-ring (bicyclic) bond motifs is 1. The van der Waals surface area contributed by atoms with E-state index in [-0.39, 0.29) is 5.82 Å². The predicted octanol–water partition coefficient (Wildman–Crippen LogP) is 2.82. The molecule has 2 aromatic carbocycles. The molecule has 0 aliphatic heterocycles. The minimum Gasteiger partial charge on any atom is -0.342 e. The van der Waals surface area contributed by atoms with Crippen molar-refractivity contribution in [2.24, 2.45) is 0 Å². The summed E-state index contributed by atoms with van der Waals surface area (Å²) in [5.74, 6) is 0.203. The monoisotopic (exact) mass is 321 g/mol. The minimum absolute atomic E-state index is 0.269. The van der Waals surface area contributed by atoms with Crippen molar-refractivity contribution in [3.63, 3.8) is 0 Å². The van der Waals surface area contributed by atoms with Crippen molar-refractivity contribution in [3.05, 3.63) is 65.6 Å². The van der Waals surface area contributed by atoms with Gasteiger partial charge in [0.25, 0.3) is 0 Å². The van der Waals surface area contributed by atoms with Gasteiger partial charge in [0.15, 0.2) is 6.29 Å². The second kappa shape index (κ2) is 5.69. The number of halogens is 1. The van der Waals surface area contributed by atoms with Crippen LogP contribution in [0.5, 0.6) is 0 Å². The molecule has 7 heteroatoms. The van der Waals surface area contributed by atoms with Crippen LogP contribution in [0, 0.1) is 5.82 Å². The number of hydrogen-bond acceptors (Lipinski definition) is 4. The molecule has 118 valence electrons. The van der Waals surface area contributed by atoms with E-state index in [2.05, 4.69) is 20.6 Å². The van der Waals surface area contributed by atoms with E-state index in [4.69, 9.17) is 0 Å². The minimum atomic E-state index is -0.269. The van der Waals surface area contributed by atoms with E-state index in [0.717, 1.165) is 28.3 Å². The molecular weight excluding hydrogens is 309 g/mol. The first-order valence-electron chi connectivity index (χ1n) is 7.31. The lowest BCUT2D eigenvalue weighted by molar-refractivity contribution is 0.112. The first-order chi connectivity index (χ1) is 11.7. The first-order valence-corrected chi connectivity index (χ1v) is 7.31. The Bertz CT molecular complexity index is 1010. The molecule has 2 heterocycles. The van der Waals surface area contributed by atoms with Gasteiger partial charge in [0.2, 0.25) is 5.82 Å². The summed E-state index contributed by atoms with van der Waals surface area (Å²) in [5.41, 5.74) is 3.22. The molecule has 0 atom stereocenters. The lowest BCUT2D eigenvalue weighted by atomic mass is 10.1. The number of tetrazole rings is 1. The van der Waals surface area contributed by atoms with E-state index < -0.39 is 0 Å². The molecule has 0 amide bonds. The van der Waals surface area contributed by atoms with E-state index in [9.17, 15) is 9.18 Å². The van der Waals surface area contributed by atoms with E-state index in [1.165, 1.54) is 12.1 Å². The van der Waals surface area contributed by atoms with Crippen molar-refractivity contribution in [3.8, 4) is 11.4 Å². The molecule has 0 unspecified atom stereocenters. The number of aromatic nitrogens is 5. The highest BCUT2D eigenvalue weighted by Gasteiger charge is 2.11. The summed E-state index contributed by atoms with van der Waals surface area (Å²) in [6.45, 7) is 0.548. The maximum Gasteiger partial charge on any atom is 0.204 e. The number of benzene rings is 2. The molecule has 0 saturated heterocycles. The number of carbonyl (C=O) groups excluding carboxylic acids is 1. The second-order valence-corrected chi connectivity index (χ2v) is 5.42. The maximum atomic E-state index is 13.0. The van der Waals surface area contributed by atoms with Crippen molar-refractivity contribution in [2.45, 2.75) is 6.54 Å².